The zero-order valence-corrected chi connectivity index (χ0v) is 19.1. The number of fused-ring (bicyclic) bond motifs is 1. The number of hydrogen-bond acceptors (Lipinski definition) is 4. The van der Waals surface area contributed by atoms with E-state index >= 15 is 0 Å². The lowest BCUT2D eigenvalue weighted by Crippen LogP contribution is -2.49. The molecule has 0 saturated carbocycles. The molecule has 1 aliphatic heterocycles. The number of carbonyl (C=O) groups is 2. The second kappa shape index (κ2) is 9.52. The number of nitrogens with zero attached hydrogens (tertiary/aromatic N) is 3. The van der Waals surface area contributed by atoms with E-state index < -0.39 is 6.04 Å². The molecule has 1 atom stereocenters. The topological polar surface area (TPSA) is 79.3 Å². The minimum absolute atomic E-state index is 0.0331. The molecule has 2 N–H and O–H groups in total. The van der Waals surface area contributed by atoms with E-state index in [1.807, 2.05) is 54.7 Å². The molecule has 0 unspecified atom stereocenters. The maximum absolute atomic E-state index is 13.5. The number of benzene rings is 3. The van der Waals surface area contributed by atoms with Gasteiger partial charge in [-0.2, -0.15) is 5.10 Å². The van der Waals surface area contributed by atoms with Crippen molar-refractivity contribution in [3.05, 3.63) is 96.4 Å². The van der Waals surface area contributed by atoms with Gasteiger partial charge in [0.25, 0.3) is 0 Å². The van der Waals surface area contributed by atoms with Crippen molar-refractivity contribution in [2.75, 3.05) is 16.8 Å². The van der Waals surface area contributed by atoms with Crippen LogP contribution in [0.25, 0.3) is 16.9 Å². The van der Waals surface area contributed by atoms with Crippen LogP contribution in [0.5, 0.6) is 0 Å². The minimum atomic E-state index is -0.560. The number of rotatable bonds is 6. The van der Waals surface area contributed by atoms with Gasteiger partial charge < -0.3 is 10.6 Å². The molecule has 7 nitrogen and oxygen atoms in total. The number of carbonyl (C=O) groups excluding carboxylic acids is 2. The molecular weight excluding hydrogens is 445 g/mol. The molecule has 0 saturated heterocycles. The third-order valence-electron chi connectivity index (χ3n) is 5.93. The Balaban J connectivity index is 1.39. The molecule has 1 aromatic heterocycles. The highest BCUT2D eigenvalue weighted by molar-refractivity contribution is 6.11. The lowest BCUT2D eigenvalue weighted by atomic mass is 10.1. The Bertz CT molecular complexity index is 1370. The van der Waals surface area contributed by atoms with Crippen LogP contribution in [0, 0.1) is 5.82 Å². The van der Waals surface area contributed by atoms with Crippen molar-refractivity contribution >= 4 is 23.2 Å². The summed E-state index contributed by atoms with van der Waals surface area (Å²) in [5, 5.41) is 10.8. The summed E-state index contributed by atoms with van der Waals surface area (Å²) in [5.41, 5.74) is 4.52. The third-order valence-corrected chi connectivity index (χ3v) is 5.93. The summed E-state index contributed by atoms with van der Waals surface area (Å²) in [7, 11) is 0. The second-order valence-electron chi connectivity index (χ2n) is 8.38. The average Bonchev–Trinajstić information content (AvgIpc) is 3.31. The summed E-state index contributed by atoms with van der Waals surface area (Å²) < 4.78 is 15.3. The predicted molar refractivity (Wildman–Crippen MR) is 133 cm³/mol. The highest BCUT2D eigenvalue weighted by atomic mass is 19.1. The molecule has 3 aromatic carbocycles. The van der Waals surface area contributed by atoms with Crippen molar-refractivity contribution in [3.63, 3.8) is 0 Å². The maximum Gasteiger partial charge on any atom is 0.244 e. The van der Waals surface area contributed by atoms with Gasteiger partial charge in [-0.05, 0) is 55.5 Å². The van der Waals surface area contributed by atoms with Crippen LogP contribution in [0.4, 0.5) is 15.8 Å². The number of para-hydroxylation sites is 3. The van der Waals surface area contributed by atoms with Gasteiger partial charge in [-0.25, -0.2) is 9.07 Å². The molecule has 2 heterocycles. The van der Waals surface area contributed by atoms with Gasteiger partial charge >= 0.3 is 0 Å². The van der Waals surface area contributed by atoms with Gasteiger partial charge in [0.2, 0.25) is 11.8 Å². The highest BCUT2D eigenvalue weighted by Crippen LogP contribution is 2.29. The van der Waals surface area contributed by atoms with Crippen LogP contribution in [0.1, 0.15) is 12.5 Å². The van der Waals surface area contributed by atoms with Crippen LogP contribution in [0.3, 0.4) is 0 Å². The van der Waals surface area contributed by atoms with Crippen molar-refractivity contribution in [2.45, 2.75) is 19.5 Å². The van der Waals surface area contributed by atoms with Crippen molar-refractivity contribution in [1.82, 2.24) is 15.1 Å². The Labute approximate surface area is 202 Å². The van der Waals surface area contributed by atoms with E-state index in [-0.39, 0.29) is 24.2 Å². The van der Waals surface area contributed by atoms with Crippen LogP contribution in [-0.2, 0) is 16.1 Å². The number of amides is 2. The quantitative estimate of drug-likeness (QED) is 0.445. The van der Waals surface area contributed by atoms with Crippen molar-refractivity contribution < 1.29 is 14.0 Å². The van der Waals surface area contributed by atoms with Crippen LogP contribution in [0.2, 0.25) is 0 Å². The molecule has 0 fully saturated rings. The van der Waals surface area contributed by atoms with Gasteiger partial charge in [0.1, 0.15) is 12.4 Å². The number of anilines is 2. The molecule has 5 rings (SSSR count). The summed E-state index contributed by atoms with van der Waals surface area (Å²) in [6.45, 7) is 2.10. The fraction of sp³-hybridized carbons (Fsp3) is 0.148. The van der Waals surface area contributed by atoms with E-state index in [1.165, 1.54) is 17.0 Å². The van der Waals surface area contributed by atoms with E-state index in [0.717, 1.165) is 16.8 Å². The van der Waals surface area contributed by atoms with E-state index in [4.69, 9.17) is 5.10 Å². The predicted octanol–water partition coefficient (Wildman–Crippen LogP) is 4.14. The van der Waals surface area contributed by atoms with Gasteiger partial charge in [0.05, 0.1) is 28.8 Å². The smallest absolute Gasteiger partial charge is 0.244 e. The monoisotopic (exact) mass is 469 g/mol. The average molecular weight is 470 g/mol. The third kappa shape index (κ3) is 4.69. The van der Waals surface area contributed by atoms with Crippen LogP contribution >= 0.6 is 0 Å². The SMILES string of the molecule is C[C@H](NCc1cn(-c2ccccc2)nc1-c1ccc(F)cc1)C(=O)N1CC(=O)Nc2ccccc21. The van der Waals surface area contributed by atoms with E-state index in [2.05, 4.69) is 10.6 Å². The normalized spacial score (nSPS) is 13.8. The minimum Gasteiger partial charge on any atom is -0.323 e. The molecule has 2 amide bonds. The molecular formula is C27H24FN5O2. The standard InChI is InChI=1S/C27H24FN5O2/c1-18(27(35)32-17-25(34)30-23-9-5-6-10-24(23)32)29-15-20-16-33(22-7-3-2-4-8-22)31-26(20)19-11-13-21(28)14-12-19/h2-14,16,18,29H,15,17H2,1H3,(H,30,34)/t18-/m0/s1. The van der Waals surface area contributed by atoms with Crippen LogP contribution < -0.4 is 15.5 Å². The highest BCUT2D eigenvalue weighted by Gasteiger charge is 2.29. The fourth-order valence-electron chi connectivity index (χ4n) is 4.12. The first kappa shape index (κ1) is 22.5. The Morgan fingerprint density at radius 1 is 1.06 bits per heavy atom. The molecule has 0 radical (unpaired) electrons. The molecule has 35 heavy (non-hydrogen) atoms. The number of nitrogens with one attached hydrogen (secondary N) is 2. The van der Waals surface area contributed by atoms with Gasteiger partial charge in [0, 0.05) is 23.9 Å². The molecule has 0 spiro atoms. The molecule has 8 heteroatoms. The lowest BCUT2D eigenvalue weighted by Gasteiger charge is -2.31. The van der Waals surface area contributed by atoms with Gasteiger partial charge in [-0.15, -0.1) is 0 Å². The van der Waals surface area contributed by atoms with Crippen LogP contribution in [0.15, 0.2) is 85.1 Å². The van der Waals surface area contributed by atoms with Crippen molar-refractivity contribution in [3.8, 4) is 16.9 Å². The van der Waals surface area contributed by atoms with Gasteiger partial charge in [-0.1, -0.05) is 30.3 Å². The Kier molecular flexibility index (Phi) is 6.12. The van der Waals surface area contributed by atoms with Crippen molar-refractivity contribution in [2.24, 2.45) is 0 Å². The summed E-state index contributed by atoms with van der Waals surface area (Å²) in [4.78, 5) is 26.9. The van der Waals surface area contributed by atoms with E-state index in [1.54, 1.807) is 29.8 Å². The van der Waals surface area contributed by atoms with Gasteiger partial charge in [0.15, 0.2) is 0 Å². The second-order valence-corrected chi connectivity index (χ2v) is 8.38. The number of hydrogen-bond donors (Lipinski definition) is 2. The molecule has 0 aliphatic carbocycles. The molecule has 0 bridgehead atoms. The summed E-state index contributed by atoms with van der Waals surface area (Å²) in [5.74, 6) is -0.751. The van der Waals surface area contributed by atoms with Crippen LogP contribution in [-0.4, -0.2) is 34.2 Å². The Morgan fingerprint density at radius 2 is 1.77 bits per heavy atom. The zero-order chi connectivity index (χ0) is 24.4. The van der Waals surface area contributed by atoms with Crippen molar-refractivity contribution in [1.29, 1.82) is 0 Å². The fourth-order valence-corrected chi connectivity index (χ4v) is 4.12. The zero-order valence-electron chi connectivity index (χ0n) is 19.1. The molecule has 4 aromatic rings. The first-order chi connectivity index (χ1) is 17.0. The lowest BCUT2D eigenvalue weighted by molar-refractivity contribution is -0.123. The molecule has 176 valence electrons. The first-order valence-electron chi connectivity index (χ1n) is 11.3. The Hall–Kier alpha value is -4.30. The largest absolute Gasteiger partial charge is 0.323 e. The number of aromatic nitrogens is 2. The summed E-state index contributed by atoms with van der Waals surface area (Å²) in [6, 6.07) is 22.6. The maximum atomic E-state index is 13.5. The van der Waals surface area contributed by atoms with E-state index in [0.29, 0.717) is 23.6 Å². The van der Waals surface area contributed by atoms with E-state index in [9.17, 15) is 14.0 Å². The number of halogens is 1. The Morgan fingerprint density at radius 3 is 2.54 bits per heavy atom. The van der Waals surface area contributed by atoms with Gasteiger partial charge in [-0.3, -0.25) is 14.5 Å². The summed E-state index contributed by atoms with van der Waals surface area (Å²) >= 11 is 0. The summed E-state index contributed by atoms with van der Waals surface area (Å²) in [6.07, 6.45) is 1.90. The molecule has 1 aliphatic rings. The first-order valence-corrected chi connectivity index (χ1v) is 11.3.